The van der Waals surface area contributed by atoms with Crippen molar-refractivity contribution in [2.45, 2.75) is 24.3 Å². The van der Waals surface area contributed by atoms with Crippen molar-refractivity contribution in [3.63, 3.8) is 0 Å². The number of aromatic nitrogens is 2. The van der Waals surface area contributed by atoms with E-state index in [0.717, 1.165) is 22.3 Å². The van der Waals surface area contributed by atoms with Gasteiger partial charge in [-0.15, -0.1) is 0 Å². The average Bonchev–Trinajstić information content (AvgIpc) is 3.56. The van der Waals surface area contributed by atoms with Gasteiger partial charge in [-0.2, -0.15) is 5.10 Å². The Kier molecular flexibility index (Phi) is 4.70. The average molecular weight is 473 g/mol. The quantitative estimate of drug-likeness (QED) is 0.588. The highest BCUT2D eigenvalue weighted by Crippen LogP contribution is 2.51. The predicted molar refractivity (Wildman–Crippen MR) is 126 cm³/mol. The molecule has 3 fully saturated rings. The Hall–Kier alpha value is -4.14. The zero-order chi connectivity index (χ0) is 24.3. The van der Waals surface area contributed by atoms with Crippen LogP contribution in [0.4, 0.5) is 10.6 Å². The molecule has 3 heterocycles. The van der Waals surface area contributed by atoms with Crippen LogP contribution in [0.5, 0.6) is 0 Å². The molecule has 2 N–H and O–H groups in total. The molecular weight excluding hydrogens is 448 g/mol. The second-order valence-corrected chi connectivity index (χ2v) is 9.52. The third kappa shape index (κ3) is 3.22. The standard InChI is InChI=1S/C26H24N4O5/c1-29-21(23(31)30-13-15-11-26(30,12-15)24(32)33)10-22(28-29)27-25(34)35-14-20-18-8-4-2-6-16(18)17-7-3-5-9-19(17)20/h2-10,15,20H,11-14H2,1H3,(H,32,33)(H,27,28,34). The molecule has 1 saturated carbocycles. The number of carbonyl (C=O) groups is 3. The molecule has 9 nitrogen and oxygen atoms in total. The lowest BCUT2D eigenvalue weighted by Crippen LogP contribution is -2.54. The number of hydrogen-bond donors (Lipinski definition) is 2. The Bertz CT molecular complexity index is 1330. The van der Waals surface area contributed by atoms with Gasteiger partial charge in [-0.3, -0.25) is 14.8 Å². The van der Waals surface area contributed by atoms with Crippen LogP contribution in [0.15, 0.2) is 54.6 Å². The highest BCUT2D eigenvalue weighted by atomic mass is 16.5. The Morgan fingerprint density at radius 2 is 1.71 bits per heavy atom. The van der Waals surface area contributed by atoms with E-state index in [2.05, 4.69) is 22.5 Å². The summed E-state index contributed by atoms with van der Waals surface area (Å²) in [5.41, 5.74) is 3.61. The number of benzene rings is 2. The van der Waals surface area contributed by atoms with Crippen molar-refractivity contribution in [3.05, 3.63) is 71.4 Å². The molecule has 7 rings (SSSR count). The highest BCUT2D eigenvalue weighted by Gasteiger charge is 2.63. The maximum absolute atomic E-state index is 13.1. The van der Waals surface area contributed by atoms with E-state index in [4.69, 9.17) is 4.74 Å². The number of carbonyl (C=O) groups excluding carboxylic acids is 2. The van der Waals surface area contributed by atoms with Crippen molar-refractivity contribution < 1.29 is 24.2 Å². The number of nitrogens with one attached hydrogen (secondary N) is 1. The van der Waals surface area contributed by atoms with Gasteiger partial charge < -0.3 is 14.7 Å². The molecule has 9 heteroatoms. The summed E-state index contributed by atoms with van der Waals surface area (Å²) in [5.74, 6) is -1.05. The summed E-state index contributed by atoms with van der Waals surface area (Å²) in [6, 6.07) is 17.6. The minimum Gasteiger partial charge on any atom is -0.479 e. The van der Waals surface area contributed by atoms with E-state index in [1.165, 1.54) is 15.6 Å². The molecule has 2 bridgehead atoms. The number of carboxylic acid groups (broad SMARTS) is 1. The fourth-order valence-corrected chi connectivity index (χ4v) is 5.85. The summed E-state index contributed by atoms with van der Waals surface area (Å²) in [5, 5.41) is 16.5. The van der Waals surface area contributed by atoms with Gasteiger partial charge in [0, 0.05) is 25.6 Å². The first-order valence-corrected chi connectivity index (χ1v) is 11.6. The zero-order valence-corrected chi connectivity index (χ0v) is 19.1. The van der Waals surface area contributed by atoms with Gasteiger partial charge in [-0.05, 0) is 41.0 Å². The molecule has 4 aliphatic rings. The number of rotatable bonds is 5. The summed E-state index contributed by atoms with van der Waals surface area (Å²) in [6.45, 7) is 0.584. The lowest BCUT2D eigenvalue weighted by molar-refractivity contribution is -0.151. The Balaban J connectivity index is 1.14. The van der Waals surface area contributed by atoms with Crippen molar-refractivity contribution >= 4 is 23.8 Å². The topological polar surface area (TPSA) is 114 Å². The van der Waals surface area contributed by atoms with Crippen LogP contribution in [0.2, 0.25) is 0 Å². The van der Waals surface area contributed by atoms with E-state index >= 15 is 0 Å². The molecule has 2 aliphatic carbocycles. The van der Waals surface area contributed by atoms with E-state index in [0.29, 0.717) is 19.4 Å². The Labute approximate surface area is 201 Å². The number of nitrogens with zero attached hydrogens (tertiary/aromatic N) is 3. The van der Waals surface area contributed by atoms with Crippen LogP contribution >= 0.6 is 0 Å². The van der Waals surface area contributed by atoms with E-state index in [9.17, 15) is 19.5 Å². The van der Waals surface area contributed by atoms with Crippen molar-refractivity contribution in [1.29, 1.82) is 0 Å². The molecule has 2 aromatic carbocycles. The number of aliphatic carboxylic acids is 1. The van der Waals surface area contributed by atoms with Gasteiger partial charge in [0.1, 0.15) is 17.8 Å². The van der Waals surface area contributed by atoms with E-state index in [1.807, 2.05) is 36.4 Å². The van der Waals surface area contributed by atoms with Crippen molar-refractivity contribution in [3.8, 4) is 11.1 Å². The fourth-order valence-electron chi connectivity index (χ4n) is 5.85. The van der Waals surface area contributed by atoms with Crippen LogP contribution in [0, 0.1) is 5.92 Å². The number of hydrogen-bond acceptors (Lipinski definition) is 5. The Morgan fingerprint density at radius 3 is 2.34 bits per heavy atom. The smallest absolute Gasteiger partial charge is 0.412 e. The van der Waals surface area contributed by atoms with Gasteiger partial charge >= 0.3 is 12.1 Å². The van der Waals surface area contributed by atoms with Crippen LogP contribution in [0.25, 0.3) is 11.1 Å². The van der Waals surface area contributed by atoms with E-state index in [1.54, 1.807) is 7.05 Å². The first-order valence-electron chi connectivity index (χ1n) is 11.6. The van der Waals surface area contributed by atoms with Crippen LogP contribution in [0.1, 0.15) is 40.4 Å². The molecule has 0 radical (unpaired) electrons. The molecule has 0 atom stereocenters. The summed E-state index contributed by atoms with van der Waals surface area (Å²) >= 11 is 0. The monoisotopic (exact) mass is 472 g/mol. The summed E-state index contributed by atoms with van der Waals surface area (Å²) in [7, 11) is 1.59. The number of ether oxygens (including phenoxy) is 1. The van der Waals surface area contributed by atoms with Gasteiger partial charge in [0.05, 0.1) is 0 Å². The Morgan fingerprint density at radius 1 is 1.09 bits per heavy atom. The lowest BCUT2D eigenvalue weighted by atomic mass is 9.73. The maximum atomic E-state index is 13.1. The van der Waals surface area contributed by atoms with E-state index < -0.39 is 23.5 Å². The molecule has 0 spiro atoms. The molecule has 2 aliphatic heterocycles. The van der Waals surface area contributed by atoms with Crippen molar-refractivity contribution in [2.24, 2.45) is 13.0 Å². The van der Waals surface area contributed by atoms with Crippen LogP contribution in [0.3, 0.4) is 0 Å². The van der Waals surface area contributed by atoms with E-state index in [-0.39, 0.29) is 30.0 Å². The molecule has 178 valence electrons. The highest BCUT2D eigenvalue weighted by molar-refractivity contribution is 5.99. The second-order valence-electron chi connectivity index (χ2n) is 9.52. The lowest BCUT2D eigenvalue weighted by Gasteiger charge is -2.37. The normalized spacial score (nSPS) is 21.7. The molecular formula is C26H24N4O5. The summed E-state index contributed by atoms with van der Waals surface area (Å²) in [4.78, 5) is 38.9. The van der Waals surface area contributed by atoms with Gasteiger partial charge in [0.2, 0.25) is 0 Å². The SMILES string of the molecule is Cn1nc(NC(=O)OCC2c3ccccc3-c3ccccc32)cc1C(=O)N1CC2CC1(C(=O)O)C2. The van der Waals surface area contributed by atoms with Crippen molar-refractivity contribution in [2.75, 3.05) is 18.5 Å². The summed E-state index contributed by atoms with van der Waals surface area (Å²) in [6.07, 6.45) is 0.294. The van der Waals surface area contributed by atoms with Crippen molar-refractivity contribution in [1.82, 2.24) is 14.7 Å². The molecule has 35 heavy (non-hydrogen) atoms. The largest absolute Gasteiger partial charge is 0.479 e. The zero-order valence-electron chi connectivity index (χ0n) is 19.1. The van der Waals surface area contributed by atoms with Crippen LogP contribution < -0.4 is 5.32 Å². The number of amides is 2. The molecule has 3 aromatic rings. The minimum atomic E-state index is -1.12. The molecule has 2 amide bonds. The number of carboxylic acids is 1. The minimum absolute atomic E-state index is 0.0668. The number of anilines is 1. The number of fused-ring (bicyclic) bond motifs is 4. The third-order valence-electron chi connectivity index (χ3n) is 7.53. The van der Waals surface area contributed by atoms with Gasteiger partial charge in [-0.1, -0.05) is 48.5 Å². The third-order valence-corrected chi connectivity index (χ3v) is 7.53. The molecule has 1 aromatic heterocycles. The second kappa shape index (κ2) is 7.69. The maximum Gasteiger partial charge on any atom is 0.412 e. The van der Waals surface area contributed by atoms with Crippen LogP contribution in [-0.2, 0) is 16.6 Å². The first-order chi connectivity index (χ1) is 16.9. The van der Waals surface area contributed by atoms with Crippen LogP contribution in [-0.4, -0.2) is 56.4 Å². The molecule has 2 saturated heterocycles. The predicted octanol–water partition coefficient (Wildman–Crippen LogP) is 3.47. The van der Waals surface area contributed by atoms with Gasteiger partial charge in [0.15, 0.2) is 5.82 Å². The molecule has 0 unspecified atom stereocenters. The fraction of sp³-hybridized carbons (Fsp3) is 0.308. The number of aryl methyl sites for hydroxylation is 1. The van der Waals surface area contributed by atoms with Gasteiger partial charge in [-0.25, -0.2) is 9.59 Å². The first kappa shape index (κ1) is 21.4. The van der Waals surface area contributed by atoms with Gasteiger partial charge in [0.25, 0.3) is 5.91 Å². The summed E-state index contributed by atoms with van der Waals surface area (Å²) < 4.78 is 6.91.